The molecule has 0 heterocycles. The van der Waals surface area contributed by atoms with E-state index in [-0.39, 0.29) is 6.61 Å². The third-order valence-electron chi connectivity index (χ3n) is 2.31. The van der Waals surface area contributed by atoms with E-state index in [9.17, 15) is 9.59 Å². The number of benzene rings is 1. The van der Waals surface area contributed by atoms with E-state index in [1.54, 1.807) is 24.3 Å². The maximum absolute atomic E-state index is 11.6. The molecule has 5 heteroatoms. The number of halogens is 1. The molecule has 102 valence electrons. The standard InChI is InChI=1S/C14H16ClNO3/c1-3-4-5-14(18)19-9-13(17)16-12-8-11(15)7-6-10(12)2/h4-8H,3,9H2,1-2H3,(H,16,17)/b5-4+. The van der Waals surface area contributed by atoms with Crippen molar-refractivity contribution in [3.8, 4) is 0 Å². The molecule has 0 aliphatic carbocycles. The van der Waals surface area contributed by atoms with Gasteiger partial charge in [0.25, 0.3) is 5.91 Å². The summed E-state index contributed by atoms with van der Waals surface area (Å²) in [5, 5.41) is 3.17. The van der Waals surface area contributed by atoms with Gasteiger partial charge in [-0.1, -0.05) is 30.7 Å². The summed E-state index contributed by atoms with van der Waals surface area (Å²) in [4.78, 5) is 22.8. The Balaban J connectivity index is 2.49. The van der Waals surface area contributed by atoms with Gasteiger partial charge in [-0.25, -0.2) is 4.79 Å². The van der Waals surface area contributed by atoms with Gasteiger partial charge in [-0.3, -0.25) is 4.79 Å². The fourth-order valence-corrected chi connectivity index (χ4v) is 1.49. The molecule has 1 amide bonds. The van der Waals surface area contributed by atoms with Crippen molar-refractivity contribution in [3.05, 3.63) is 40.9 Å². The number of aryl methyl sites for hydroxylation is 1. The van der Waals surface area contributed by atoms with Gasteiger partial charge >= 0.3 is 5.97 Å². The SMILES string of the molecule is CC/C=C/C(=O)OCC(=O)Nc1cc(Cl)ccc1C. The molecule has 0 aliphatic rings. The lowest BCUT2D eigenvalue weighted by atomic mass is 10.2. The summed E-state index contributed by atoms with van der Waals surface area (Å²) < 4.78 is 4.78. The number of rotatable bonds is 5. The summed E-state index contributed by atoms with van der Waals surface area (Å²) in [6, 6.07) is 5.18. The second-order valence-corrected chi connectivity index (χ2v) is 4.36. The van der Waals surface area contributed by atoms with Crippen molar-refractivity contribution in [3.63, 3.8) is 0 Å². The van der Waals surface area contributed by atoms with Crippen LogP contribution in [0.3, 0.4) is 0 Å². The van der Waals surface area contributed by atoms with Crippen LogP contribution in [0.2, 0.25) is 5.02 Å². The van der Waals surface area contributed by atoms with Gasteiger partial charge in [-0.05, 0) is 31.0 Å². The van der Waals surface area contributed by atoms with E-state index >= 15 is 0 Å². The minimum Gasteiger partial charge on any atom is -0.452 e. The van der Waals surface area contributed by atoms with Crippen LogP contribution < -0.4 is 5.32 Å². The molecular formula is C14H16ClNO3. The van der Waals surface area contributed by atoms with Gasteiger partial charge < -0.3 is 10.1 Å². The summed E-state index contributed by atoms with van der Waals surface area (Å²) in [5.41, 5.74) is 1.49. The topological polar surface area (TPSA) is 55.4 Å². The number of carbonyl (C=O) groups excluding carboxylic acids is 2. The molecule has 1 rings (SSSR count). The summed E-state index contributed by atoms with van der Waals surface area (Å²) in [7, 11) is 0. The first-order valence-electron chi connectivity index (χ1n) is 5.92. The average Bonchev–Trinajstić information content (AvgIpc) is 2.38. The molecule has 0 spiro atoms. The molecule has 0 fully saturated rings. The predicted molar refractivity (Wildman–Crippen MR) is 75.2 cm³/mol. The normalized spacial score (nSPS) is 10.5. The van der Waals surface area contributed by atoms with E-state index in [0.29, 0.717) is 10.7 Å². The molecule has 0 radical (unpaired) electrons. The van der Waals surface area contributed by atoms with Gasteiger partial charge in [0.05, 0.1) is 0 Å². The smallest absolute Gasteiger partial charge is 0.330 e. The molecule has 19 heavy (non-hydrogen) atoms. The summed E-state index contributed by atoms with van der Waals surface area (Å²) in [6.07, 6.45) is 3.71. The van der Waals surface area contributed by atoms with Crippen molar-refractivity contribution in [1.29, 1.82) is 0 Å². The molecule has 1 aromatic rings. The maximum Gasteiger partial charge on any atom is 0.330 e. The zero-order chi connectivity index (χ0) is 14.3. The number of nitrogens with one attached hydrogen (secondary N) is 1. The summed E-state index contributed by atoms with van der Waals surface area (Å²) in [6.45, 7) is 3.43. The third-order valence-corrected chi connectivity index (χ3v) is 2.54. The second kappa shape index (κ2) is 7.59. The molecule has 0 aliphatic heterocycles. The number of allylic oxidation sites excluding steroid dienone is 1. The van der Waals surface area contributed by atoms with E-state index in [4.69, 9.17) is 16.3 Å². The van der Waals surface area contributed by atoms with Gasteiger partial charge in [0.1, 0.15) is 0 Å². The van der Waals surface area contributed by atoms with Crippen LogP contribution in [0.25, 0.3) is 0 Å². The lowest BCUT2D eigenvalue weighted by molar-refractivity contribution is -0.142. The van der Waals surface area contributed by atoms with E-state index < -0.39 is 11.9 Å². The van der Waals surface area contributed by atoms with E-state index in [2.05, 4.69) is 5.32 Å². The molecule has 0 saturated carbocycles. The number of amides is 1. The Morgan fingerprint density at radius 3 is 2.84 bits per heavy atom. The van der Waals surface area contributed by atoms with Crippen LogP contribution in [-0.2, 0) is 14.3 Å². The Hall–Kier alpha value is -1.81. The van der Waals surface area contributed by atoms with Gasteiger partial charge in [0, 0.05) is 16.8 Å². The second-order valence-electron chi connectivity index (χ2n) is 3.93. The Morgan fingerprint density at radius 2 is 2.16 bits per heavy atom. The van der Waals surface area contributed by atoms with Crippen LogP contribution in [-0.4, -0.2) is 18.5 Å². The highest BCUT2D eigenvalue weighted by Gasteiger charge is 2.07. The van der Waals surface area contributed by atoms with Crippen molar-refractivity contribution < 1.29 is 14.3 Å². The van der Waals surface area contributed by atoms with Crippen LogP contribution >= 0.6 is 11.6 Å². The van der Waals surface area contributed by atoms with Gasteiger partial charge in [0.15, 0.2) is 6.61 Å². The van der Waals surface area contributed by atoms with Crippen molar-refractivity contribution in [2.75, 3.05) is 11.9 Å². The van der Waals surface area contributed by atoms with Crippen molar-refractivity contribution in [1.82, 2.24) is 0 Å². The lowest BCUT2D eigenvalue weighted by Crippen LogP contribution is -2.20. The number of anilines is 1. The molecular weight excluding hydrogens is 266 g/mol. The number of hydrogen-bond acceptors (Lipinski definition) is 3. The van der Waals surface area contributed by atoms with E-state index in [1.807, 2.05) is 13.8 Å². The Morgan fingerprint density at radius 1 is 1.42 bits per heavy atom. The first-order valence-corrected chi connectivity index (χ1v) is 6.30. The summed E-state index contributed by atoms with van der Waals surface area (Å²) in [5.74, 6) is -0.927. The minimum atomic E-state index is -0.528. The highest BCUT2D eigenvalue weighted by molar-refractivity contribution is 6.31. The molecule has 0 atom stereocenters. The third kappa shape index (κ3) is 5.57. The van der Waals surface area contributed by atoms with Crippen LogP contribution in [0, 0.1) is 6.92 Å². The number of ether oxygens (including phenoxy) is 1. The Bertz CT molecular complexity index is 497. The fraction of sp³-hybridized carbons (Fsp3) is 0.286. The largest absolute Gasteiger partial charge is 0.452 e. The van der Waals surface area contributed by atoms with Crippen molar-refractivity contribution in [2.24, 2.45) is 0 Å². The first-order chi connectivity index (χ1) is 9.02. The highest BCUT2D eigenvalue weighted by atomic mass is 35.5. The van der Waals surface area contributed by atoms with E-state index in [0.717, 1.165) is 12.0 Å². The number of hydrogen-bond donors (Lipinski definition) is 1. The zero-order valence-corrected chi connectivity index (χ0v) is 11.7. The van der Waals surface area contributed by atoms with Crippen molar-refractivity contribution in [2.45, 2.75) is 20.3 Å². The molecule has 0 unspecified atom stereocenters. The van der Waals surface area contributed by atoms with Crippen LogP contribution in [0.4, 0.5) is 5.69 Å². The van der Waals surface area contributed by atoms with Crippen LogP contribution in [0.1, 0.15) is 18.9 Å². The highest BCUT2D eigenvalue weighted by Crippen LogP contribution is 2.19. The molecule has 4 nitrogen and oxygen atoms in total. The van der Waals surface area contributed by atoms with Crippen LogP contribution in [0.5, 0.6) is 0 Å². The Kier molecular flexibility index (Phi) is 6.09. The monoisotopic (exact) mass is 281 g/mol. The van der Waals surface area contributed by atoms with E-state index in [1.165, 1.54) is 6.08 Å². The zero-order valence-electron chi connectivity index (χ0n) is 10.9. The summed E-state index contributed by atoms with van der Waals surface area (Å²) >= 11 is 5.84. The Labute approximate surface area is 117 Å². The van der Waals surface area contributed by atoms with Gasteiger partial charge in [0.2, 0.25) is 0 Å². The van der Waals surface area contributed by atoms with Crippen molar-refractivity contribution >= 4 is 29.2 Å². The first kappa shape index (κ1) is 15.2. The average molecular weight is 282 g/mol. The quantitative estimate of drug-likeness (QED) is 0.666. The number of carbonyl (C=O) groups is 2. The lowest BCUT2D eigenvalue weighted by Gasteiger charge is -2.08. The number of esters is 1. The fourth-order valence-electron chi connectivity index (χ4n) is 1.31. The van der Waals surface area contributed by atoms with Gasteiger partial charge in [-0.15, -0.1) is 0 Å². The maximum atomic E-state index is 11.6. The van der Waals surface area contributed by atoms with Crippen LogP contribution in [0.15, 0.2) is 30.4 Å². The van der Waals surface area contributed by atoms with Gasteiger partial charge in [-0.2, -0.15) is 0 Å². The predicted octanol–water partition coefficient (Wildman–Crippen LogP) is 3.10. The molecule has 0 bridgehead atoms. The molecule has 1 aromatic carbocycles. The molecule has 1 N–H and O–H groups in total. The molecule has 0 aromatic heterocycles. The molecule has 0 saturated heterocycles. The minimum absolute atomic E-state index is 0.321.